The van der Waals surface area contributed by atoms with E-state index < -0.39 is 0 Å². The van der Waals surface area contributed by atoms with Crippen molar-refractivity contribution < 1.29 is 18.9 Å². The molecule has 2 heterocycles. The van der Waals surface area contributed by atoms with E-state index in [1.165, 1.54) is 19.3 Å². The first-order valence-electron chi connectivity index (χ1n) is 6.84. The number of hydrogen-bond acceptors (Lipinski definition) is 4. The number of ether oxygens (including phenoxy) is 4. The highest BCUT2D eigenvalue weighted by molar-refractivity contribution is 4.63. The van der Waals surface area contributed by atoms with Crippen LogP contribution in [0.2, 0.25) is 0 Å². The van der Waals surface area contributed by atoms with Crippen LogP contribution in [0.25, 0.3) is 0 Å². The fourth-order valence-electron chi connectivity index (χ4n) is 2.33. The quantitative estimate of drug-likeness (QED) is 0.667. The van der Waals surface area contributed by atoms with Crippen LogP contribution >= 0.6 is 0 Å². The molecule has 100 valence electrons. The first kappa shape index (κ1) is 13.3. The van der Waals surface area contributed by atoms with Gasteiger partial charge in [0.2, 0.25) is 0 Å². The second-order valence-corrected chi connectivity index (χ2v) is 4.77. The van der Waals surface area contributed by atoms with Crippen LogP contribution in [-0.2, 0) is 18.9 Å². The zero-order valence-electron chi connectivity index (χ0n) is 10.6. The van der Waals surface area contributed by atoms with E-state index in [9.17, 15) is 0 Å². The lowest BCUT2D eigenvalue weighted by atomic mass is 10.1. The second-order valence-electron chi connectivity index (χ2n) is 4.77. The first-order valence-corrected chi connectivity index (χ1v) is 6.84. The maximum Gasteiger partial charge on any atom is 0.0809 e. The molecule has 2 rings (SSSR count). The van der Waals surface area contributed by atoms with Crippen molar-refractivity contribution in [2.24, 2.45) is 0 Å². The molecular formula is C13H24O4. The third-order valence-electron chi connectivity index (χ3n) is 3.32. The number of hydrogen-bond donors (Lipinski definition) is 0. The molecule has 2 saturated heterocycles. The molecule has 0 unspecified atom stereocenters. The lowest BCUT2D eigenvalue weighted by Crippen LogP contribution is -2.29. The summed E-state index contributed by atoms with van der Waals surface area (Å²) in [6, 6.07) is 0. The molecule has 0 aliphatic carbocycles. The monoisotopic (exact) mass is 244 g/mol. The molecule has 4 nitrogen and oxygen atoms in total. The average Bonchev–Trinajstić information content (AvgIpc) is 2.41. The van der Waals surface area contributed by atoms with E-state index >= 15 is 0 Å². The molecule has 2 aliphatic rings. The molecule has 2 aliphatic heterocycles. The van der Waals surface area contributed by atoms with Crippen LogP contribution in [0.15, 0.2) is 0 Å². The Morgan fingerprint density at radius 2 is 1.18 bits per heavy atom. The Bertz CT molecular complexity index is 166. The molecule has 0 bridgehead atoms. The summed E-state index contributed by atoms with van der Waals surface area (Å²) < 4.78 is 22.0. The van der Waals surface area contributed by atoms with Crippen LogP contribution in [-0.4, -0.2) is 51.8 Å². The van der Waals surface area contributed by atoms with Crippen molar-refractivity contribution in [3.63, 3.8) is 0 Å². The van der Waals surface area contributed by atoms with Crippen molar-refractivity contribution in [2.75, 3.05) is 39.6 Å². The standard InChI is InChI=1S/C13H24O4/c1(2-4-12-10-14-6-8-16-12)3-5-13-11-15-7-9-17-13/h12-13H,1-11H2/t12-,13-/m1/s1. The van der Waals surface area contributed by atoms with Crippen molar-refractivity contribution in [2.45, 2.75) is 44.3 Å². The van der Waals surface area contributed by atoms with Gasteiger partial charge in [-0.1, -0.05) is 19.3 Å². The third kappa shape index (κ3) is 5.34. The summed E-state index contributed by atoms with van der Waals surface area (Å²) in [5.41, 5.74) is 0. The Kier molecular flexibility index (Phi) is 6.27. The highest BCUT2D eigenvalue weighted by Crippen LogP contribution is 2.14. The molecule has 0 aromatic heterocycles. The van der Waals surface area contributed by atoms with E-state index in [4.69, 9.17) is 18.9 Å². The summed E-state index contributed by atoms with van der Waals surface area (Å²) in [6.07, 6.45) is 6.61. The van der Waals surface area contributed by atoms with E-state index in [1.807, 2.05) is 0 Å². The molecule has 0 spiro atoms. The summed E-state index contributed by atoms with van der Waals surface area (Å²) in [5, 5.41) is 0. The maximum absolute atomic E-state index is 5.60. The molecule has 0 radical (unpaired) electrons. The molecular weight excluding hydrogens is 220 g/mol. The van der Waals surface area contributed by atoms with Gasteiger partial charge >= 0.3 is 0 Å². The lowest BCUT2D eigenvalue weighted by Gasteiger charge is -2.24. The van der Waals surface area contributed by atoms with Gasteiger partial charge in [0.25, 0.3) is 0 Å². The van der Waals surface area contributed by atoms with Crippen LogP contribution in [0.3, 0.4) is 0 Å². The van der Waals surface area contributed by atoms with E-state index in [0.29, 0.717) is 12.2 Å². The Balaban J connectivity index is 1.42. The van der Waals surface area contributed by atoms with Gasteiger partial charge in [-0.2, -0.15) is 0 Å². The summed E-state index contributed by atoms with van der Waals surface area (Å²) in [6.45, 7) is 4.60. The lowest BCUT2D eigenvalue weighted by molar-refractivity contribution is -0.0936. The van der Waals surface area contributed by atoms with Gasteiger partial charge in [0, 0.05) is 0 Å². The molecule has 0 saturated carbocycles. The van der Waals surface area contributed by atoms with Crippen molar-refractivity contribution in [3.05, 3.63) is 0 Å². The van der Waals surface area contributed by atoms with E-state index in [2.05, 4.69) is 0 Å². The van der Waals surface area contributed by atoms with Gasteiger partial charge in [-0.3, -0.25) is 0 Å². The Labute approximate surface area is 104 Å². The van der Waals surface area contributed by atoms with Gasteiger partial charge in [-0.25, -0.2) is 0 Å². The first-order chi connectivity index (χ1) is 8.45. The number of unbranched alkanes of at least 4 members (excludes halogenated alkanes) is 2. The molecule has 0 amide bonds. The topological polar surface area (TPSA) is 36.9 Å². The van der Waals surface area contributed by atoms with Crippen molar-refractivity contribution in [1.29, 1.82) is 0 Å². The molecule has 17 heavy (non-hydrogen) atoms. The minimum atomic E-state index is 0.331. The molecule has 2 atom stereocenters. The minimum Gasteiger partial charge on any atom is -0.376 e. The SMILES string of the molecule is C(CC[C@@H]1COCCO1)CC[C@@H]1COCCO1. The predicted molar refractivity (Wildman–Crippen MR) is 64.2 cm³/mol. The minimum absolute atomic E-state index is 0.331. The van der Waals surface area contributed by atoms with E-state index in [-0.39, 0.29) is 0 Å². The van der Waals surface area contributed by atoms with E-state index in [1.54, 1.807) is 0 Å². The second kappa shape index (κ2) is 8.03. The Morgan fingerprint density at radius 1 is 0.647 bits per heavy atom. The fraction of sp³-hybridized carbons (Fsp3) is 1.00. The zero-order chi connectivity index (χ0) is 11.8. The molecule has 0 aromatic rings. The smallest absolute Gasteiger partial charge is 0.0809 e. The van der Waals surface area contributed by atoms with Crippen molar-refractivity contribution in [1.82, 2.24) is 0 Å². The highest BCUT2D eigenvalue weighted by atomic mass is 16.6. The molecule has 0 N–H and O–H groups in total. The van der Waals surface area contributed by atoms with Gasteiger partial charge < -0.3 is 18.9 Å². The normalized spacial score (nSPS) is 30.4. The van der Waals surface area contributed by atoms with Gasteiger partial charge in [-0.15, -0.1) is 0 Å². The van der Waals surface area contributed by atoms with Gasteiger partial charge in [0.15, 0.2) is 0 Å². The molecule has 2 fully saturated rings. The van der Waals surface area contributed by atoms with Crippen LogP contribution in [0, 0.1) is 0 Å². The predicted octanol–water partition coefficient (Wildman–Crippen LogP) is 1.77. The molecule has 4 heteroatoms. The summed E-state index contributed by atoms with van der Waals surface area (Å²) in [5.74, 6) is 0. The highest BCUT2D eigenvalue weighted by Gasteiger charge is 2.15. The third-order valence-corrected chi connectivity index (χ3v) is 3.32. The summed E-state index contributed by atoms with van der Waals surface area (Å²) in [4.78, 5) is 0. The van der Waals surface area contributed by atoms with E-state index in [0.717, 1.165) is 52.5 Å². The van der Waals surface area contributed by atoms with Crippen molar-refractivity contribution >= 4 is 0 Å². The van der Waals surface area contributed by atoms with Crippen molar-refractivity contribution in [3.8, 4) is 0 Å². The Hall–Kier alpha value is -0.160. The number of rotatable bonds is 6. The molecule has 0 aromatic carbocycles. The van der Waals surface area contributed by atoms with Gasteiger partial charge in [0.1, 0.15) is 0 Å². The largest absolute Gasteiger partial charge is 0.376 e. The summed E-state index contributed by atoms with van der Waals surface area (Å²) >= 11 is 0. The Morgan fingerprint density at radius 3 is 1.59 bits per heavy atom. The van der Waals surface area contributed by atoms with Crippen LogP contribution in [0.5, 0.6) is 0 Å². The fourth-order valence-corrected chi connectivity index (χ4v) is 2.33. The van der Waals surface area contributed by atoms with Crippen LogP contribution in [0.1, 0.15) is 32.1 Å². The van der Waals surface area contributed by atoms with Crippen LogP contribution in [0.4, 0.5) is 0 Å². The summed E-state index contributed by atoms with van der Waals surface area (Å²) in [7, 11) is 0. The van der Waals surface area contributed by atoms with Crippen LogP contribution < -0.4 is 0 Å². The zero-order valence-corrected chi connectivity index (χ0v) is 10.6. The van der Waals surface area contributed by atoms with Gasteiger partial charge in [0.05, 0.1) is 51.8 Å². The average molecular weight is 244 g/mol. The maximum atomic E-state index is 5.60. The van der Waals surface area contributed by atoms with Gasteiger partial charge in [-0.05, 0) is 12.8 Å².